The zero-order chi connectivity index (χ0) is 21.7. The van der Waals surface area contributed by atoms with Crippen molar-refractivity contribution in [3.05, 3.63) is 63.8 Å². The Bertz CT molecular complexity index is 942. The molecule has 1 aliphatic rings. The molecule has 0 bridgehead atoms. The van der Waals surface area contributed by atoms with Crippen LogP contribution in [-0.2, 0) is 0 Å². The molecule has 5 nitrogen and oxygen atoms in total. The number of carbonyl (C=O) groups excluding carboxylic acids is 2. The van der Waals surface area contributed by atoms with E-state index in [0.29, 0.717) is 9.88 Å². The first-order valence-corrected chi connectivity index (χ1v) is 11.0. The second-order valence-corrected chi connectivity index (χ2v) is 8.97. The molecule has 1 aliphatic heterocycles. The van der Waals surface area contributed by atoms with Crippen LogP contribution in [0.5, 0.6) is 0 Å². The Hall–Kier alpha value is -2.51. The van der Waals surface area contributed by atoms with Crippen LogP contribution < -0.4 is 10.6 Å². The Morgan fingerprint density at radius 2 is 1.93 bits per heavy atom. The first kappa shape index (κ1) is 22.2. The van der Waals surface area contributed by atoms with Gasteiger partial charge in [0, 0.05) is 31.2 Å². The van der Waals surface area contributed by atoms with Gasteiger partial charge in [0.1, 0.15) is 5.82 Å². The zero-order valence-electron chi connectivity index (χ0n) is 17.6. The van der Waals surface area contributed by atoms with Gasteiger partial charge in [0.25, 0.3) is 11.8 Å². The van der Waals surface area contributed by atoms with E-state index in [-0.39, 0.29) is 17.5 Å². The number of allylic oxidation sites excluding steroid dienone is 1. The Balaban J connectivity index is 1.55. The average Bonchev–Trinajstić information content (AvgIpc) is 3.07. The molecule has 0 aliphatic carbocycles. The maximum absolute atomic E-state index is 13.3. The number of likely N-dealkylation sites (tertiary alicyclic amines) is 1. The Labute approximate surface area is 181 Å². The summed E-state index contributed by atoms with van der Waals surface area (Å²) in [6, 6.07) is 7.46. The van der Waals surface area contributed by atoms with E-state index in [4.69, 9.17) is 0 Å². The van der Waals surface area contributed by atoms with Crippen LogP contribution in [0.15, 0.2) is 42.0 Å². The molecule has 0 spiro atoms. The van der Waals surface area contributed by atoms with E-state index in [1.165, 1.54) is 35.1 Å². The lowest BCUT2D eigenvalue weighted by atomic mass is 10.0. The van der Waals surface area contributed by atoms with Crippen LogP contribution in [0.2, 0.25) is 0 Å². The Morgan fingerprint density at radius 3 is 2.60 bits per heavy atom. The number of aryl methyl sites for hydroxylation is 1. The van der Waals surface area contributed by atoms with Gasteiger partial charge >= 0.3 is 0 Å². The fourth-order valence-corrected chi connectivity index (χ4v) is 4.38. The molecule has 2 N–H and O–H groups in total. The van der Waals surface area contributed by atoms with Crippen LogP contribution in [0, 0.1) is 12.7 Å². The van der Waals surface area contributed by atoms with Crippen LogP contribution in [0.1, 0.15) is 52.3 Å². The molecule has 1 saturated heterocycles. The molecule has 3 rings (SSSR count). The maximum atomic E-state index is 13.3. The predicted octanol–water partition coefficient (Wildman–Crippen LogP) is 4.61. The molecular weight excluding hydrogens is 401 g/mol. The van der Waals surface area contributed by atoms with Crippen molar-refractivity contribution in [2.45, 2.75) is 39.7 Å². The van der Waals surface area contributed by atoms with Crippen LogP contribution in [0.25, 0.3) is 0 Å². The number of anilines is 1. The number of nitrogens with zero attached hydrogens (tertiary/aromatic N) is 1. The minimum Gasteiger partial charge on any atom is -0.349 e. The third kappa shape index (κ3) is 6.00. The summed E-state index contributed by atoms with van der Waals surface area (Å²) in [5, 5.41) is 6.46. The number of thiophene rings is 1. The molecule has 30 heavy (non-hydrogen) atoms. The van der Waals surface area contributed by atoms with E-state index >= 15 is 0 Å². The first-order chi connectivity index (χ1) is 14.3. The molecule has 0 saturated carbocycles. The quantitative estimate of drug-likeness (QED) is 0.660. The number of benzene rings is 1. The summed E-state index contributed by atoms with van der Waals surface area (Å²) in [6.07, 6.45) is 4.08. The fourth-order valence-electron chi connectivity index (χ4n) is 3.41. The summed E-state index contributed by atoms with van der Waals surface area (Å²) < 4.78 is 13.3. The molecule has 2 amide bonds. The summed E-state index contributed by atoms with van der Waals surface area (Å²) in [5.74, 6) is -0.963. The van der Waals surface area contributed by atoms with Crippen LogP contribution in [0.4, 0.5) is 9.39 Å². The minimum absolute atomic E-state index is 0.105. The van der Waals surface area contributed by atoms with E-state index in [9.17, 15) is 14.0 Å². The molecule has 1 aromatic carbocycles. The highest BCUT2D eigenvalue weighted by Crippen LogP contribution is 2.27. The summed E-state index contributed by atoms with van der Waals surface area (Å²) in [6.45, 7) is 8.95. The topological polar surface area (TPSA) is 61.4 Å². The monoisotopic (exact) mass is 429 g/mol. The molecule has 1 aromatic heterocycles. The molecule has 0 unspecified atom stereocenters. The number of hydrogen-bond acceptors (Lipinski definition) is 4. The zero-order valence-corrected chi connectivity index (χ0v) is 18.4. The van der Waals surface area contributed by atoms with Gasteiger partial charge in [-0.1, -0.05) is 17.7 Å². The highest BCUT2D eigenvalue weighted by atomic mass is 32.1. The van der Waals surface area contributed by atoms with Gasteiger partial charge < -0.3 is 10.6 Å². The number of hydrogen-bond donors (Lipinski definition) is 2. The van der Waals surface area contributed by atoms with E-state index in [1.54, 1.807) is 12.1 Å². The minimum atomic E-state index is -0.461. The summed E-state index contributed by atoms with van der Waals surface area (Å²) in [7, 11) is 0. The Morgan fingerprint density at radius 1 is 1.20 bits per heavy atom. The highest BCUT2D eigenvalue weighted by molar-refractivity contribution is 7.18. The standard InChI is InChI=1S/C23H28FN3O2S/c1-15(2)7-10-27-11-8-19(9-12-27)25-23(29)21-16(3)13-20(30-21)26-22(28)17-5-4-6-18(24)14-17/h4-7,13-14,19H,8-12H2,1-3H3,(H,25,29)(H,26,28). The number of piperidine rings is 1. The number of nitrogens with one attached hydrogen (secondary N) is 2. The van der Waals surface area contributed by atoms with Gasteiger partial charge in [-0.15, -0.1) is 11.3 Å². The van der Waals surface area contributed by atoms with Crippen molar-refractivity contribution in [1.29, 1.82) is 0 Å². The van der Waals surface area contributed by atoms with Crippen molar-refractivity contribution in [3.8, 4) is 0 Å². The molecule has 2 heterocycles. The van der Waals surface area contributed by atoms with Crippen LogP contribution in [-0.4, -0.2) is 42.4 Å². The van der Waals surface area contributed by atoms with Gasteiger partial charge in [-0.05, 0) is 63.4 Å². The van der Waals surface area contributed by atoms with E-state index in [2.05, 4.69) is 35.5 Å². The molecule has 0 radical (unpaired) electrons. The fraction of sp³-hybridized carbons (Fsp3) is 0.391. The number of carbonyl (C=O) groups is 2. The summed E-state index contributed by atoms with van der Waals surface area (Å²) >= 11 is 1.24. The van der Waals surface area contributed by atoms with Crippen molar-refractivity contribution in [3.63, 3.8) is 0 Å². The summed E-state index contributed by atoms with van der Waals surface area (Å²) in [5.41, 5.74) is 2.37. The van der Waals surface area contributed by atoms with E-state index < -0.39 is 11.7 Å². The molecule has 1 fully saturated rings. The summed E-state index contributed by atoms with van der Waals surface area (Å²) in [4.78, 5) is 28.1. The van der Waals surface area contributed by atoms with Crippen molar-refractivity contribution in [2.24, 2.45) is 0 Å². The maximum Gasteiger partial charge on any atom is 0.261 e. The first-order valence-electron chi connectivity index (χ1n) is 10.2. The lowest BCUT2D eigenvalue weighted by molar-refractivity contribution is 0.0917. The predicted molar refractivity (Wildman–Crippen MR) is 120 cm³/mol. The third-order valence-corrected chi connectivity index (χ3v) is 6.28. The van der Waals surface area contributed by atoms with E-state index in [0.717, 1.165) is 38.0 Å². The second-order valence-electron chi connectivity index (χ2n) is 7.92. The number of halogens is 1. The molecule has 0 atom stereocenters. The average molecular weight is 430 g/mol. The van der Waals surface area contributed by atoms with E-state index in [1.807, 2.05) is 6.92 Å². The smallest absolute Gasteiger partial charge is 0.261 e. The van der Waals surface area contributed by atoms with Crippen molar-refractivity contribution in [1.82, 2.24) is 10.2 Å². The van der Waals surface area contributed by atoms with Crippen molar-refractivity contribution < 1.29 is 14.0 Å². The normalized spacial score (nSPS) is 14.9. The van der Waals surface area contributed by atoms with Crippen LogP contribution in [0.3, 0.4) is 0 Å². The van der Waals surface area contributed by atoms with Gasteiger partial charge in [0.2, 0.25) is 0 Å². The SMILES string of the molecule is CC(C)=CCN1CCC(NC(=O)c2sc(NC(=O)c3cccc(F)c3)cc2C)CC1. The van der Waals surface area contributed by atoms with Gasteiger partial charge in [0.15, 0.2) is 0 Å². The lowest BCUT2D eigenvalue weighted by Crippen LogP contribution is -2.44. The van der Waals surface area contributed by atoms with Gasteiger partial charge in [-0.25, -0.2) is 4.39 Å². The highest BCUT2D eigenvalue weighted by Gasteiger charge is 2.22. The van der Waals surface area contributed by atoms with Crippen LogP contribution >= 0.6 is 11.3 Å². The molecular formula is C23H28FN3O2S. The Kier molecular flexibility index (Phi) is 7.39. The van der Waals surface area contributed by atoms with Gasteiger partial charge in [-0.2, -0.15) is 0 Å². The lowest BCUT2D eigenvalue weighted by Gasteiger charge is -2.31. The second kappa shape index (κ2) is 10.00. The van der Waals surface area contributed by atoms with Crippen molar-refractivity contribution >= 4 is 28.2 Å². The third-order valence-electron chi connectivity index (χ3n) is 5.13. The number of amides is 2. The van der Waals surface area contributed by atoms with Crippen molar-refractivity contribution in [2.75, 3.05) is 25.0 Å². The van der Waals surface area contributed by atoms with Gasteiger partial charge in [0.05, 0.1) is 9.88 Å². The molecule has 7 heteroatoms. The van der Waals surface area contributed by atoms with Gasteiger partial charge in [-0.3, -0.25) is 14.5 Å². The molecule has 160 valence electrons. The number of rotatable bonds is 6. The largest absolute Gasteiger partial charge is 0.349 e. The molecule has 2 aromatic rings.